The van der Waals surface area contributed by atoms with E-state index in [1.165, 1.54) is 31.4 Å². The molecule has 0 saturated carbocycles. The summed E-state index contributed by atoms with van der Waals surface area (Å²) >= 11 is 1.93. The molecule has 0 aliphatic heterocycles. The molecule has 114 valence electrons. The molecule has 0 aliphatic rings. The quantitative estimate of drug-likeness (QED) is 0.644. The van der Waals surface area contributed by atoms with E-state index in [2.05, 4.69) is 40.7 Å². The van der Waals surface area contributed by atoms with Crippen LogP contribution in [-0.4, -0.2) is 35.6 Å². The van der Waals surface area contributed by atoms with Crippen LogP contribution >= 0.6 is 11.8 Å². The van der Waals surface area contributed by atoms with Crippen molar-refractivity contribution in [3.05, 3.63) is 11.4 Å². The Morgan fingerprint density at radius 2 is 1.75 bits per heavy atom. The zero-order valence-corrected chi connectivity index (χ0v) is 14.1. The summed E-state index contributed by atoms with van der Waals surface area (Å²) in [6.45, 7) is 5.13. The lowest BCUT2D eigenvalue weighted by molar-refractivity contribution is 0.687. The Morgan fingerprint density at radius 3 is 2.40 bits per heavy atom. The number of unbranched alkanes of at least 4 members (excludes halogenated alkanes) is 3. The van der Waals surface area contributed by atoms with E-state index in [-0.39, 0.29) is 0 Å². The van der Waals surface area contributed by atoms with Crippen molar-refractivity contribution in [2.24, 2.45) is 0 Å². The van der Waals surface area contributed by atoms with Crippen LogP contribution in [0.1, 0.15) is 44.0 Å². The number of aryl methyl sites for hydroxylation is 1. The lowest BCUT2D eigenvalue weighted by atomic mass is 10.2. The van der Waals surface area contributed by atoms with Crippen molar-refractivity contribution in [3.8, 4) is 0 Å². The lowest BCUT2D eigenvalue weighted by Gasteiger charge is -2.13. The third kappa shape index (κ3) is 5.57. The first-order chi connectivity index (χ1) is 9.72. The summed E-state index contributed by atoms with van der Waals surface area (Å²) in [4.78, 5) is 9.06. The number of anilines is 2. The van der Waals surface area contributed by atoms with Crippen LogP contribution < -0.4 is 10.6 Å². The second-order valence-corrected chi connectivity index (χ2v) is 5.88. The summed E-state index contributed by atoms with van der Waals surface area (Å²) in [6, 6.07) is 0. The second-order valence-electron chi connectivity index (χ2n) is 4.90. The standard InChI is InChI=1S/C15H28N4S/c1-5-13-18-14(16-3)12(2)15(19-13)17-10-8-6-7-9-11-20-4/h5-11H2,1-4H3,(H2,16,17,18,19). The Bertz CT molecular complexity index is 396. The van der Waals surface area contributed by atoms with Gasteiger partial charge in [-0.2, -0.15) is 11.8 Å². The zero-order valence-electron chi connectivity index (χ0n) is 13.3. The van der Waals surface area contributed by atoms with Crippen LogP contribution in [0.2, 0.25) is 0 Å². The molecule has 0 aromatic carbocycles. The van der Waals surface area contributed by atoms with Crippen molar-refractivity contribution in [1.29, 1.82) is 0 Å². The minimum Gasteiger partial charge on any atom is -0.373 e. The molecule has 4 nitrogen and oxygen atoms in total. The van der Waals surface area contributed by atoms with Gasteiger partial charge in [0.05, 0.1) is 0 Å². The molecule has 1 aromatic rings. The fourth-order valence-corrected chi connectivity index (χ4v) is 2.56. The SMILES string of the molecule is CCc1nc(NC)c(C)c(NCCCCCCSC)n1. The van der Waals surface area contributed by atoms with Crippen LogP contribution in [0.5, 0.6) is 0 Å². The van der Waals surface area contributed by atoms with Crippen LogP contribution in [0.15, 0.2) is 0 Å². The summed E-state index contributed by atoms with van der Waals surface area (Å²) in [5.41, 5.74) is 1.10. The maximum absolute atomic E-state index is 4.58. The summed E-state index contributed by atoms with van der Waals surface area (Å²) in [7, 11) is 1.91. The highest BCUT2D eigenvalue weighted by molar-refractivity contribution is 7.98. The highest BCUT2D eigenvalue weighted by Gasteiger charge is 2.08. The van der Waals surface area contributed by atoms with Crippen molar-refractivity contribution in [2.45, 2.75) is 46.0 Å². The predicted octanol–water partition coefficient (Wildman–Crippen LogP) is 3.72. The molecule has 0 saturated heterocycles. The molecule has 1 rings (SSSR count). The van der Waals surface area contributed by atoms with E-state index >= 15 is 0 Å². The first-order valence-corrected chi connectivity index (χ1v) is 8.90. The number of nitrogens with one attached hydrogen (secondary N) is 2. The highest BCUT2D eigenvalue weighted by atomic mass is 32.2. The third-order valence-electron chi connectivity index (χ3n) is 3.31. The van der Waals surface area contributed by atoms with Gasteiger partial charge in [-0.05, 0) is 31.8 Å². The second kappa shape index (κ2) is 9.86. The smallest absolute Gasteiger partial charge is 0.134 e. The molecule has 0 amide bonds. The van der Waals surface area contributed by atoms with E-state index in [0.717, 1.165) is 36.0 Å². The average molecular weight is 296 g/mol. The van der Waals surface area contributed by atoms with Gasteiger partial charge in [-0.25, -0.2) is 9.97 Å². The van der Waals surface area contributed by atoms with Gasteiger partial charge in [-0.1, -0.05) is 19.8 Å². The van der Waals surface area contributed by atoms with Crippen LogP contribution in [0, 0.1) is 6.92 Å². The maximum Gasteiger partial charge on any atom is 0.134 e. The maximum atomic E-state index is 4.58. The highest BCUT2D eigenvalue weighted by Crippen LogP contribution is 2.19. The van der Waals surface area contributed by atoms with Gasteiger partial charge < -0.3 is 10.6 Å². The van der Waals surface area contributed by atoms with E-state index < -0.39 is 0 Å². The summed E-state index contributed by atoms with van der Waals surface area (Å²) in [6.07, 6.45) is 8.18. The van der Waals surface area contributed by atoms with Gasteiger partial charge in [0.1, 0.15) is 17.5 Å². The Kier molecular flexibility index (Phi) is 8.42. The topological polar surface area (TPSA) is 49.8 Å². The van der Waals surface area contributed by atoms with Gasteiger partial charge in [-0.15, -0.1) is 0 Å². The van der Waals surface area contributed by atoms with E-state index in [9.17, 15) is 0 Å². The van der Waals surface area contributed by atoms with Crippen LogP contribution in [0.4, 0.5) is 11.6 Å². The molecule has 0 fully saturated rings. The molecule has 0 atom stereocenters. The first kappa shape index (κ1) is 17.1. The first-order valence-electron chi connectivity index (χ1n) is 7.51. The molecular formula is C15H28N4S. The van der Waals surface area contributed by atoms with Gasteiger partial charge in [0.2, 0.25) is 0 Å². The van der Waals surface area contributed by atoms with Gasteiger partial charge in [0.15, 0.2) is 0 Å². The average Bonchev–Trinajstić information content (AvgIpc) is 2.47. The summed E-state index contributed by atoms with van der Waals surface area (Å²) in [5.74, 6) is 4.08. The minimum atomic E-state index is 0.859. The predicted molar refractivity (Wildman–Crippen MR) is 91.0 cm³/mol. The van der Waals surface area contributed by atoms with Crippen molar-refractivity contribution >= 4 is 23.4 Å². The monoisotopic (exact) mass is 296 g/mol. The Balaban J connectivity index is 2.43. The number of nitrogens with zero attached hydrogens (tertiary/aromatic N) is 2. The van der Waals surface area contributed by atoms with E-state index in [0.29, 0.717) is 0 Å². The Morgan fingerprint density at radius 1 is 1.05 bits per heavy atom. The molecule has 1 aromatic heterocycles. The molecule has 0 unspecified atom stereocenters. The number of hydrogen-bond donors (Lipinski definition) is 2. The number of thioether (sulfide) groups is 1. The summed E-state index contributed by atoms with van der Waals surface area (Å²) in [5, 5.41) is 6.60. The molecule has 0 radical (unpaired) electrons. The molecule has 5 heteroatoms. The minimum absolute atomic E-state index is 0.859. The third-order valence-corrected chi connectivity index (χ3v) is 4.01. The van der Waals surface area contributed by atoms with E-state index in [4.69, 9.17) is 0 Å². The molecular weight excluding hydrogens is 268 g/mol. The Hall–Kier alpha value is -0.970. The van der Waals surface area contributed by atoms with Crippen LogP contribution in [0.25, 0.3) is 0 Å². The van der Waals surface area contributed by atoms with E-state index in [1.54, 1.807) is 0 Å². The van der Waals surface area contributed by atoms with Crippen LogP contribution in [-0.2, 0) is 6.42 Å². The molecule has 2 N–H and O–H groups in total. The van der Waals surface area contributed by atoms with Crippen molar-refractivity contribution in [2.75, 3.05) is 36.2 Å². The lowest BCUT2D eigenvalue weighted by Crippen LogP contribution is -2.10. The molecule has 1 heterocycles. The molecule has 0 aliphatic carbocycles. The number of hydrogen-bond acceptors (Lipinski definition) is 5. The van der Waals surface area contributed by atoms with Crippen LogP contribution in [0.3, 0.4) is 0 Å². The van der Waals surface area contributed by atoms with Crippen molar-refractivity contribution < 1.29 is 0 Å². The molecule has 20 heavy (non-hydrogen) atoms. The Labute approximate surface area is 127 Å². The molecule has 0 bridgehead atoms. The number of rotatable bonds is 10. The molecule has 0 spiro atoms. The van der Waals surface area contributed by atoms with E-state index in [1.807, 2.05) is 18.8 Å². The van der Waals surface area contributed by atoms with Gasteiger partial charge >= 0.3 is 0 Å². The fraction of sp³-hybridized carbons (Fsp3) is 0.733. The zero-order chi connectivity index (χ0) is 14.8. The fourth-order valence-electron chi connectivity index (χ4n) is 2.07. The normalized spacial score (nSPS) is 10.6. The van der Waals surface area contributed by atoms with Crippen molar-refractivity contribution in [1.82, 2.24) is 9.97 Å². The van der Waals surface area contributed by atoms with Gasteiger partial charge in [-0.3, -0.25) is 0 Å². The van der Waals surface area contributed by atoms with Gasteiger partial charge in [0.25, 0.3) is 0 Å². The number of aromatic nitrogens is 2. The van der Waals surface area contributed by atoms with Gasteiger partial charge in [0, 0.05) is 25.6 Å². The van der Waals surface area contributed by atoms with Crippen molar-refractivity contribution in [3.63, 3.8) is 0 Å². The largest absolute Gasteiger partial charge is 0.373 e. The summed E-state index contributed by atoms with van der Waals surface area (Å²) < 4.78 is 0.